The lowest BCUT2D eigenvalue weighted by molar-refractivity contribution is -0.138. The summed E-state index contributed by atoms with van der Waals surface area (Å²) in [7, 11) is 3.83. The van der Waals surface area contributed by atoms with Crippen LogP contribution in [0.2, 0.25) is 0 Å². The monoisotopic (exact) mass is 496 g/mol. The van der Waals surface area contributed by atoms with Crippen LogP contribution in [0.3, 0.4) is 0 Å². The highest BCUT2D eigenvalue weighted by Crippen LogP contribution is 2.49. The molecule has 0 spiro atoms. The zero-order chi connectivity index (χ0) is 25.2. The lowest BCUT2D eigenvalue weighted by Gasteiger charge is -2.47. The van der Waals surface area contributed by atoms with Gasteiger partial charge >= 0.3 is 12.2 Å². The van der Waals surface area contributed by atoms with E-state index < -0.39 is 17.8 Å². The minimum absolute atomic E-state index is 0.00167. The zero-order valence-electron chi connectivity index (χ0n) is 19.9. The number of ether oxygens (including phenoxy) is 1. The Morgan fingerprint density at radius 2 is 2.03 bits per heavy atom. The number of allylic oxidation sites excluding steroid dienone is 3. The first-order valence-corrected chi connectivity index (χ1v) is 11.9. The van der Waals surface area contributed by atoms with Crippen LogP contribution in [-0.4, -0.2) is 56.8 Å². The van der Waals surface area contributed by atoms with Crippen molar-refractivity contribution in [1.29, 1.82) is 0 Å². The quantitative estimate of drug-likeness (QED) is 0.503. The third-order valence-corrected chi connectivity index (χ3v) is 6.90. The Morgan fingerprint density at radius 3 is 2.71 bits per heavy atom. The number of amides is 2. The number of fused-ring (bicyclic) bond motifs is 3. The Kier molecular flexibility index (Phi) is 7.70. The molecule has 1 aliphatic carbocycles. The maximum absolute atomic E-state index is 13.6. The van der Waals surface area contributed by atoms with Crippen LogP contribution >= 0.6 is 0 Å². The van der Waals surface area contributed by atoms with Gasteiger partial charge in [-0.25, -0.2) is 9.18 Å². The number of carbonyl (C=O) groups is 1. The molecule has 1 fully saturated rings. The van der Waals surface area contributed by atoms with E-state index in [2.05, 4.69) is 16.0 Å². The van der Waals surface area contributed by atoms with Crippen LogP contribution in [0.4, 0.5) is 28.0 Å². The van der Waals surface area contributed by atoms with Gasteiger partial charge in [-0.05, 0) is 63.7 Å². The maximum Gasteiger partial charge on any atom is 0.416 e. The highest BCUT2D eigenvalue weighted by molar-refractivity contribution is 5.73. The van der Waals surface area contributed by atoms with Crippen molar-refractivity contribution >= 4 is 11.7 Å². The van der Waals surface area contributed by atoms with Crippen molar-refractivity contribution in [1.82, 2.24) is 15.5 Å². The van der Waals surface area contributed by atoms with Crippen LogP contribution in [0.1, 0.15) is 36.5 Å². The third-order valence-electron chi connectivity index (χ3n) is 6.90. The summed E-state index contributed by atoms with van der Waals surface area (Å²) in [4.78, 5) is 14.1. The molecule has 0 bridgehead atoms. The van der Waals surface area contributed by atoms with Crippen molar-refractivity contribution in [3.8, 4) is 0 Å². The number of rotatable bonds is 6. The van der Waals surface area contributed by atoms with Crippen LogP contribution < -0.4 is 16.0 Å². The highest BCUT2D eigenvalue weighted by Gasteiger charge is 2.45. The topological polar surface area (TPSA) is 65.6 Å². The second kappa shape index (κ2) is 10.6. The molecule has 6 nitrogen and oxygen atoms in total. The van der Waals surface area contributed by atoms with Crippen LogP contribution in [0, 0.1) is 11.8 Å². The van der Waals surface area contributed by atoms with Crippen LogP contribution in [0.25, 0.3) is 0 Å². The zero-order valence-corrected chi connectivity index (χ0v) is 19.9. The predicted molar refractivity (Wildman–Crippen MR) is 126 cm³/mol. The molecule has 2 heterocycles. The first-order valence-electron chi connectivity index (χ1n) is 11.9. The normalized spacial score (nSPS) is 28.0. The van der Waals surface area contributed by atoms with E-state index in [0.717, 1.165) is 12.1 Å². The molecule has 0 radical (unpaired) electrons. The van der Waals surface area contributed by atoms with Crippen molar-refractivity contribution in [2.75, 3.05) is 39.0 Å². The Bertz CT molecular complexity index is 979. The van der Waals surface area contributed by atoms with E-state index >= 15 is 0 Å². The number of anilines is 1. The van der Waals surface area contributed by atoms with Gasteiger partial charge in [-0.1, -0.05) is 6.08 Å². The van der Waals surface area contributed by atoms with Gasteiger partial charge in [-0.2, -0.15) is 13.2 Å². The van der Waals surface area contributed by atoms with Crippen molar-refractivity contribution in [2.24, 2.45) is 11.8 Å². The fourth-order valence-electron chi connectivity index (χ4n) is 5.08. The number of nitrogens with one attached hydrogen (secondary N) is 3. The summed E-state index contributed by atoms with van der Waals surface area (Å²) in [6.07, 6.45) is 1.34. The fourth-order valence-corrected chi connectivity index (χ4v) is 5.08. The second-order valence-electron chi connectivity index (χ2n) is 9.68. The number of benzene rings is 1. The van der Waals surface area contributed by atoms with E-state index in [0.29, 0.717) is 43.6 Å². The summed E-state index contributed by atoms with van der Waals surface area (Å²) < 4.78 is 60.3. The molecule has 1 saturated heterocycles. The van der Waals surface area contributed by atoms with Gasteiger partial charge in [0, 0.05) is 48.8 Å². The van der Waals surface area contributed by atoms with Gasteiger partial charge in [-0.3, -0.25) is 0 Å². The van der Waals surface area contributed by atoms with Gasteiger partial charge in [0.2, 0.25) is 0 Å². The smallest absolute Gasteiger partial charge is 0.381 e. The Hall–Kier alpha value is -2.59. The molecule has 3 aliphatic rings. The number of hydrogen-bond acceptors (Lipinski definition) is 4. The first kappa shape index (κ1) is 25.5. The van der Waals surface area contributed by atoms with E-state index in [-0.39, 0.29) is 42.4 Å². The Morgan fingerprint density at radius 1 is 1.23 bits per heavy atom. The number of likely N-dealkylation sites (N-methyl/N-ethyl adjacent to an activating group) is 1. The number of urea groups is 1. The van der Waals surface area contributed by atoms with Crippen molar-refractivity contribution < 1.29 is 27.1 Å². The van der Waals surface area contributed by atoms with Gasteiger partial charge < -0.3 is 25.6 Å². The average molecular weight is 497 g/mol. The molecule has 192 valence electrons. The van der Waals surface area contributed by atoms with E-state index in [1.807, 2.05) is 25.1 Å². The largest absolute Gasteiger partial charge is 0.416 e. The number of alkyl halides is 3. The molecule has 0 saturated carbocycles. The molecular formula is C25H32F4N4O2. The number of carbonyl (C=O) groups excluding carboxylic acids is 1. The molecule has 0 aromatic heterocycles. The molecule has 10 heteroatoms. The van der Waals surface area contributed by atoms with Crippen molar-refractivity contribution in [2.45, 2.75) is 43.7 Å². The van der Waals surface area contributed by atoms with E-state index in [9.17, 15) is 22.4 Å². The second-order valence-corrected chi connectivity index (χ2v) is 9.68. The maximum atomic E-state index is 13.6. The number of hydrogen-bond donors (Lipinski definition) is 3. The molecular weight excluding hydrogens is 464 g/mol. The van der Waals surface area contributed by atoms with Crippen molar-refractivity contribution in [3.63, 3.8) is 0 Å². The van der Waals surface area contributed by atoms with Gasteiger partial charge in [-0.15, -0.1) is 0 Å². The summed E-state index contributed by atoms with van der Waals surface area (Å²) >= 11 is 0. The van der Waals surface area contributed by atoms with E-state index in [1.165, 1.54) is 18.2 Å². The molecule has 1 aromatic rings. The summed E-state index contributed by atoms with van der Waals surface area (Å²) in [5.74, 6) is -0.364. The van der Waals surface area contributed by atoms with Crippen LogP contribution in [-0.2, 0) is 10.9 Å². The Labute approximate surface area is 202 Å². The van der Waals surface area contributed by atoms with Crippen LogP contribution in [0.15, 0.2) is 42.3 Å². The summed E-state index contributed by atoms with van der Waals surface area (Å²) in [5.41, 5.74) is 0.354. The summed E-state index contributed by atoms with van der Waals surface area (Å²) in [6.45, 7) is 1.47. The number of nitrogens with zero attached hydrogens (tertiary/aromatic N) is 1. The van der Waals surface area contributed by atoms with Gasteiger partial charge in [0.05, 0.1) is 17.8 Å². The van der Waals surface area contributed by atoms with Gasteiger partial charge in [0.1, 0.15) is 5.83 Å². The van der Waals surface area contributed by atoms with Crippen LogP contribution in [0.5, 0.6) is 0 Å². The molecule has 1 unspecified atom stereocenters. The van der Waals surface area contributed by atoms with Gasteiger partial charge in [0.15, 0.2) is 0 Å². The fraction of sp³-hybridized carbons (Fsp3) is 0.560. The molecule has 2 amide bonds. The summed E-state index contributed by atoms with van der Waals surface area (Å²) in [5, 5.41) is 9.01. The average Bonchev–Trinajstić information content (AvgIpc) is 2.81. The SMILES string of the molecule is CN(C)CCNC(=O)NC[C@H]1CC[C@@H]2[C@H](O1)c1cc(C(F)(F)F)ccc1N[C@H]2C1C=CC(F)=CC1. The molecule has 1 aromatic carbocycles. The predicted octanol–water partition coefficient (Wildman–Crippen LogP) is 4.63. The van der Waals surface area contributed by atoms with Gasteiger partial charge in [0.25, 0.3) is 0 Å². The molecule has 4 rings (SSSR count). The molecule has 5 atom stereocenters. The minimum atomic E-state index is -4.46. The Balaban J connectivity index is 1.50. The summed E-state index contributed by atoms with van der Waals surface area (Å²) in [6, 6.07) is 3.28. The lowest BCUT2D eigenvalue weighted by atomic mass is 9.73. The molecule has 35 heavy (non-hydrogen) atoms. The standard InChI is InChI=1S/C25H32F4N4O2/c1-33(2)12-11-30-24(34)31-14-18-8-9-19-22(15-3-6-17(26)7-4-15)32-21-10-5-16(25(27,28)29)13-20(21)23(19)35-18/h3,5-7,10,13,15,18-19,22-23,32H,4,8-9,11-12,14H2,1-2H3,(H2,30,31,34)/t15?,18-,19+,22+,23+/m1/s1. The lowest BCUT2D eigenvalue weighted by Crippen LogP contribution is -2.49. The minimum Gasteiger partial charge on any atom is -0.381 e. The molecule has 3 N–H and O–H groups in total. The number of halogens is 4. The molecule has 2 aliphatic heterocycles. The third kappa shape index (κ3) is 6.16. The van der Waals surface area contributed by atoms with E-state index in [1.54, 1.807) is 0 Å². The van der Waals surface area contributed by atoms with Crippen molar-refractivity contribution in [3.05, 3.63) is 53.4 Å². The first-order chi connectivity index (χ1) is 16.6. The van der Waals surface area contributed by atoms with E-state index in [4.69, 9.17) is 4.74 Å². The highest BCUT2D eigenvalue weighted by atomic mass is 19.4.